The average Bonchev–Trinajstić information content (AvgIpc) is 3.07. The molecule has 1 atom stereocenters. The molecular formula is C19H31IN4O2S. The first-order valence-corrected chi connectivity index (χ1v) is 10.1. The Morgan fingerprint density at radius 2 is 2.15 bits per heavy atom. The lowest BCUT2D eigenvalue weighted by molar-refractivity contribution is -0.122. The average molecular weight is 506 g/mol. The third kappa shape index (κ3) is 8.59. The van der Waals surface area contributed by atoms with Gasteiger partial charge in [-0.05, 0) is 50.1 Å². The number of nitrogens with one attached hydrogen (secondary N) is 3. The highest BCUT2D eigenvalue weighted by atomic mass is 127. The molecule has 0 radical (unpaired) electrons. The zero-order valence-electron chi connectivity index (χ0n) is 16.3. The first-order valence-electron chi connectivity index (χ1n) is 9.11. The summed E-state index contributed by atoms with van der Waals surface area (Å²) in [4.78, 5) is 15.8. The molecular weight excluding hydrogens is 475 g/mol. The number of likely N-dealkylation sites (N-methyl/N-ethyl adjacent to an activating group) is 1. The van der Waals surface area contributed by atoms with E-state index in [-0.39, 0.29) is 36.5 Å². The number of aliphatic imine (C=N–C) groups is 1. The fourth-order valence-electron chi connectivity index (χ4n) is 2.80. The molecule has 1 aromatic carbocycles. The lowest BCUT2D eigenvalue weighted by atomic mass is 10.1. The van der Waals surface area contributed by atoms with Crippen molar-refractivity contribution in [3.8, 4) is 5.75 Å². The Balaban J connectivity index is 0.00000364. The second-order valence-corrected chi connectivity index (χ2v) is 8.25. The molecule has 6 nitrogen and oxygen atoms in total. The molecule has 1 aromatic rings. The molecule has 2 rings (SSSR count). The molecule has 27 heavy (non-hydrogen) atoms. The van der Waals surface area contributed by atoms with E-state index in [9.17, 15) is 4.79 Å². The van der Waals surface area contributed by atoms with E-state index in [1.165, 1.54) is 18.6 Å². The summed E-state index contributed by atoms with van der Waals surface area (Å²) in [6.07, 6.45) is 2.53. The van der Waals surface area contributed by atoms with Crippen LogP contribution in [0.3, 0.4) is 0 Å². The van der Waals surface area contributed by atoms with Crippen molar-refractivity contribution in [2.45, 2.75) is 38.0 Å². The number of carbonyl (C=O) groups excluding carboxylic acids is 1. The van der Waals surface area contributed by atoms with E-state index < -0.39 is 0 Å². The number of benzene rings is 1. The molecule has 0 bridgehead atoms. The smallest absolute Gasteiger partial charge is 0.257 e. The molecule has 0 aliphatic carbocycles. The molecule has 1 amide bonds. The first-order chi connectivity index (χ1) is 12.5. The molecule has 1 aliphatic rings. The van der Waals surface area contributed by atoms with Crippen molar-refractivity contribution in [2.24, 2.45) is 4.99 Å². The standard InChI is InChI=1S/C19H30N4O2S.HI/c1-4-21-17(24)13-25-16-8-5-7-15(11-16)12-22-18(20-3)23-14-19(2)9-6-10-26-19;/h5,7-8,11H,4,6,9-10,12-14H2,1-3H3,(H,21,24)(H2,20,22,23);1H. The SMILES string of the molecule is CCNC(=O)COc1cccc(CNC(=NC)NCC2(C)CCCS2)c1.I. The van der Waals surface area contributed by atoms with E-state index in [4.69, 9.17) is 4.74 Å². The summed E-state index contributed by atoms with van der Waals surface area (Å²) in [7, 11) is 1.78. The second kappa shape index (κ2) is 12.3. The van der Waals surface area contributed by atoms with Crippen molar-refractivity contribution in [2.75, 3.05) is 32.5 Å². The molecule has 1 saturated heterocycles. The Kier molecular flexibility index (Phi) is 10.9. The number of amides is 1. The number of nitrogens with zero attached hydrogens (tertiary/aromatic N) is 1. The molecule has 0 saturated carbocycles. The predicted molar refractivity (Wildman–Crippen MR) is 124 cm³/mol. The lowest BCUT2D eigenvalue weighted by Gasteiger charge is -2.24. The third-order valence-electron chi connectivity index (χ3n) is 4.26. The number of ether oxygens (including phenoxy) is 1. The van der Waals surface area contributed by atoms with Gasteiger partial charge in [-0.3, -0.25) is 9.79 Å². The monoisotopic (exact) mass is 506 g/mol. The summed E-state index contributed by atoms with van der Waals surface area (Å²) in [6, 6.07) is 7.74. The van der Waals surface area contributed by atoms with Crippen LogP contribution in [0.1, 0.15) is 32.3 Å². The van der Waals surface area contributed by atoms with Gasteiger partial charge in [0.25, 0.3) is 5.91 Å². The van der Waals surface area contributed by atoms with Gasteiger partial charge in [0, 0.05) is 31.4 Å². The van der Waals surface area contributed by atoms with Gasteiger partial charge in [0.15, 0.2) is 12.6 Å². The van der Waals surface area contributed by atoms with Gasteiger partial charge in [-0.15, -0.1) is 24.0 Å². The minimum Gasteiger partial charge on any atom is -0.484 e. The van der Waals surface area contributed by atoms with Gasteiger partial charge in [-0.1, -0.05) is 12.1 Å². The summed E-state index contributed by atoms with van der Waals surface area (Å²) in [5.74, 6) is 2.62. The van der Waals surface area contributed by atoms with Gasteiger partial charge in [-0.2, -0.15) is 11.8 Å². The van der Waals surface area contributed by atoms with Crippen LogP contribution in [0.5, 0.6) is 5.75 Å². The van der Waals surface area contributed by atoms with Crippen molar-refractivity contribution >= 4 is 47.6 Å². The van der Waals surface area contributed by atoms with Gasteiger partial charge in [-0.25, -0.2) is 0 Å². The van der Waals surface area contributed by atoms with Crippen LogP contribution in [-0.4, -0.2) is 49.1 Å². The maximum Gasteiger partial charge on any atom is 0.257 e. The largest absolute Gasteiger partial charge is 0.484 e. The Hall–Kier alpha value is -1.16. The molecule has 1 heterocycles. The van der Waals surface area contributed by atoms with Crippen LogP contribution in [0.25, 0.3) is 0 Å². The lowest BCUT2D eigenvalue weighted by Crippen LogP contribution is -2.43. The van der Waals surface area contributed by atoms with E-state index in [0.29, 0.717) is 23.6 Å². The third-order valence-corrected chi connectivity index (χ3v) is 5.79. The Bertz CT molecular complexity index is 621. The van der Waals surface area contributed by atoms with Crippen molar-refractivity contribution < 1.29 is 9.53 Å². The van der Waals surface area contributed by atoms with Crippen LogP contribution >= 0.6 is 35.7 Å². The van der Waals surface area contributed by atoms with E-state index >= 15 is 0 Å². The maximum atomic E-state index is 11.5. The summed E-state index contributed by atoms with van der Waals surface area (Å²) < 4.78 is 5.83. The number of hydrogen-bond donors (Lipinski definition) is 3. The van der Waals surface area contributed by atoms with Crippen LogP contribution in [0.2, 0.25) is 0 Å². The highest BCUT2D eigenvalue weighted by molar-refractivity contribution is 14.0. The normalized spacial score (nSPS) is 19.1. The van der Waals surface area contributed by atoms with Crippen LogP contribution in [0, 0.1) is 0 Å². The first kappa shape index (κ1) is 23.9. The minimum absolute atomic E-state index is 0. The fraction of sp³-hybridized carbons (Fsp3) is 0.579. The van der Waals surface area contributed by atoms with Gasteiger partial charge < -0.3 is 20.7 Å². The molecule has 0 spiro atoms. The van der Waals surface area contributed by atoms with Crippen LogP contribution in [0.15, 0.2) is 29.3 Å². The summed E-state index contributed by atoms with van der Waals surface area (Å²) >= 11 is 2.03. The maximum absolute atomic E-state index is 11.5. The van der Waals surface area contributed by atoms with E-state index in [0.717, 1.165) is 18.1 Å². The predicted octanol–water partition coefficient (Wildman–Crippen LogP) is 2.77. The van der Waals surface area contributed by atoms with Gasteiger partial charge in [0.2, 0.25) is 0 Å². The Labute approximate surface area is 183 Å². The van der Waals surface area contributed by atoms with Gasteiger partial charge >= 0.3 is 0 Å². The molecule has 152 valence electrons. The zero-order valence-corrected chi connectivity index (χ0v) is 19.5. The molecule has 0 aromatic heterocycles. The molecule has 3 N–H and O–H groups in total. The number of thioether (sulfide) groups is 1. The topological polar surface area (TPSA) is 74.8 Å². The number of guanidine groups is 1. The van der Waals surface area contributed by atoms with Crippen LogP contribution < -0.4 is 20.7 Å². The van der Waals surface area contributed by atoms with Crippen LogP contribution in [-0.2, 0) is 11.3 Å². The Morgan fingerprint density at radius 1 is 1.33 bits per heavy atom. The van der Waals surface area contributed by atoms with E-state index in [1.807, 2.05) is 43.0 Å². The van der Waals surface area contributed by atoms with Crippen molar-refractivity contribution in [1.29, 1.82) is 0 Å². The fourth-order valence-corrected chi connectivity index (χ4v) is 4.04. The van der Waals surface area contributed by atoms with Gasteiger partial charge in [0.05, 0.1) is 0 Å². The van der Waals surface area contributed by atoms with Crippen molar-refractivity contribution in [3.63, 3.8) is 0 Å². The highest BCUT2D eigenvalue weighted by Crippen LogP contribution is 2.36. The van der Waals surface area contributed by atoms with E-state index in [1.54, 1.807) is 7.05 Å². The Morgan fingerprint density at radius 3 is 2.81 bits per heavy atom. The van der Waals surface area contributed by atoms with Crippen LogP contribution in [0.4, 0.5) is 0 Å². The van der Waals surface area contributed by atoms with Gasteiger partial charge in [0.1, 0.15) is 5.75 Å². The second-order valence-electron chi connectivity index (χ2n) is 6.57. The number of carbonyl (C=O) groups is 1. The summed E-state index contributed by atoms with van der Waals surface area (Å²) in [6.45, 7) is 6.38. The highest BCUT2D eigenvalue weighted by Gasteiger charge is 2.29. The molecule has 1 aliphatic heterocycles. The van der Waals surface area contributed by atoms with Crippen molar-refractivity contribution in [3.05, 3.63) is 29.8 Å². The summed E-state index contributed by atoms with van der Waals surface area (Å²) in [5, 5.41) is 9.48. The molecule has 1 unspecified atom stereocenters. The summed E-state index contributed by atoms with van der Waals surface area (Å²) in [5.41, 5.74) is 1.07. The number of rotatable bonds is 8. The molecule has 8 heteroatoms. The zero-order chi connectivity index (χ0) is 18.8. The molecule has 1 fully saturated rings. The van der Waals surface area contributed by atoms with Crippen molar-refractivity contribution in [1.82, 2.24) is 16.0 Å². The quantitative estimate of drug-likeness (QED) is 0.287. The number of halogens is 1. The van der Waals surface area contributed by atoms with E-state index in [2.05, 4.69) is 27.9 Å². The number of hydrogen-bond acceptors (Lipinski definition) is 4. The minimum atomic E-state index is -0.112.